The normalized spacial score (nSPS) is 16.4. The van der Waals surface area contributed by atoms with Crippen molar-refractivity contribution in [1.29, 1.82) is 0 Å². The minimum atomic E-state index is 0.520. The van der Waals surface area contributed by atoms with Crippen LogP contribution in [-0.2, 0) is 0 Å². The molecule has 1 fully saturated rings. The maximum Gasteiger partial charge on any atom is 0.255 e. The molecule has 19 heavy (non-hydrogen) atoms. The van der Waals surface area contributed by atoms with Gasteiger partial charge in [0.25, 0.3) is 5.78 Å². The predicted molar refractivity (Wildman–Crippen MR) is 75.8 cm³/mol. The summed E-state index contributed by atoms with van der Waals surface area (Å²) in [5.74, 6) is 1.61. The molecule has 0 aliphatic heterocycles. The third kappa shape index (κ3) is 2.06. The van der Waals surface area contributed by atoms with Crippen molar-refractivity contribution >= 4 is 23.2 Å². The Morgan fingerprint density at radius 3 is 2.84 bits per heavy atom. The average molecular weight is 280 g/mol. The van der Waals surface area contributed by atoms with Crippen molar-refractivity contribution in [3.8, 4) is 0 Å². The van der Waals surface area contributed by atoms with Gasteiger partial charge < -0.3 is 4.90 Å². The Bertz CT molecular complexity index is 588. The number of halogens is 1. The molecule has 6 heteroatoms. The molecule has 0 amide bonds. The topological polar surface area (TPSA) is 46.3 Å². The lowest BCUT2D eigenvalue weighted by Gasteiger charge is -2.31. The van der Waals surface area contributed by atoms with E-state index in [0.29, 0.717) is 17.0 Å². The summed E-state index contributed by atoms with van der Waals surface area (Å²) >= 11 is 6.24. The fourth-order valence-electron chi connectivity index (χ4n) is 3.02. The number of nitrogens with zero attached hydrogens (tertiary/aromatic N) is 5. The van der Waals surface area contributed by atoms with Crippen LogP contribution in [0.1, 0.15) is 38.2 Å². The van der Waals surface area contributed by atoms with Crippen LogP contribution in [0.2, 0.25) is 5.15 Å². The molecule has 2 aromatic heterocycles. The van der Waals surface area contributed by atoms with Crippen molar-refractivity contribution in [1.82, 2.24) is 19.6 Å². The third-order valence-electron chi connectivity index (χ3n) is 3.95. The minimum Gasteiger partial charge on any atom is -0.353 e. The van der Waals surface area contributed by atoms with Gasteiger partial charge in [-0.3, -0.25) is 0 Å². The van der Waals surface area contributed by atoms with E-state index in [0.717, 1.165) is 17.9 Å². The van der Waals surface area contributed by atoms with Crippen molar-refractivity contribution in [3.05, 3.63) is 17.0 Å². The Morgan fingerprint density at radius 2 is 2.16 bits per heavy atom. The molecule has 1 saturated carbocycles. The zero-order valence-electron chi connectivity index (χ0n) is 11.3. The molecule has 0 saturated heterocycles. The molecule has 102 valence electrons. The highest BCUT2D eigenvalue weighted by Gasteiger charge is 2.26. The highest BCUT2D eigenvalue weighted by atomic mass is 35.5. The molecule has 5 nitrogen and oxygen atoms in total. The Morgan fingerprint density at radius 1 is 1.42 bits per heavy atom. The van der Waals surface area contributed by atoms with E-state index in [1.807, 2.05) is 11.4 Å². The van der Waals surface area contributed by atoms with Crippen LogP contribution in [0.15, 0.2) is 6.33 Å². The van der Waals surface area contributed by atoms with E-state index in [2.05, 4.69) is 26.9 Å². The summed E-state index contributed by atoms with van der Waals surface area (Å²) in [6.45, 7) is 5.12. The quantitative estimate of drug-likeness (QED) is 0.811. The summed E-state index contributed by atoms with van der Waals surface area (Å²) in [5.41, 5.74) is 0.980. The van der Waals surface area contributed by atoms with Crippen molar-refractivity contribution in [2.45, 2.75) is 45.6 Å². The smallest absolute Gasteiger partial charge is 0.255 e. The summed E-state index contributed by atoms with van der Waals surface area (Å²) in [4.78, 5) is 10.8. The SMILES string of the molecule is CCN(c1c(C)c(Cl)nc2ncnn12)C1CCCC1. The van der Waals surface area contributed by atoms with Crippen LogP contribution >= 0.6 is 11.6 Å². The van der Waals surface area contributed by atoms with Crippen LogP contribution < -0.4 is 4.90 Å². The maximum atomic E-state index is 6.24. The van der Waals surface area contributed by atoms with Gasteiger partial charge in [-0.1, -0.05) is 24.4 Å². The Balaban J connectivity index is 2.15. The molecule has 3 rings (SSSR count). The molecule has 0 N–H and O–H groups in total. The third-order valence-corrected chi connectivity index (χ3v) is 4.32. The van der Waals surface area contributed by atoms with E-state index in [-0.39, 0.29) is 0 Å². The zero-order valence-corrected chi connectivity index (χ0v) is 12.1. The summed E-state index contributed by atoms with van der Waals surface area (Å²) < 4.78 is 1.81. The molecule has 1 aliphatic rings. The largest absolute Gasteiger partial charge is 0.353 e. The monoisotopic (exact) mass is 279 g/mol. The first-order valence-corrected chi connectivity index (χ1v) is 7.22. The molecule has 0 unspecified atom stereocenters. The lowest BCUT2D eigenvalue weighted by molar-refractivity contribution is 0.602. The molecule has 0 radical (unpaired) electrons. The number of rotatable bonds is 3. The molecule has 2 aromatic rings. The molecule has 0 spiro atoms. The van der Waals surface area contributed by atoms with E-state index >= 15 is 0 Å². The number of anilines is 1. The summed E-state index contributed by atoms with van der Waals surface area (Å²) in [6.07, 6.45) is 6.62. The zero-order chi connectivity index (χ0) is 13.4. The van der Waals surface area contributed by atoms with Gasteiger partial charge in [-0.25, -0.2) is 0 Å². The first-order valence-electron chi connectivity index (χ1n) is 6.85. The van der Waals surface area contributed by atoms with Gasteiger partial charge in [0, 0.05) is 18.2 Å². The van der Waals surface area contributed by atoms with Gasteiger partial charge in [0.05, 0.1) is 0 Å². The van der Waals surface area contributed by atoms with Crippen LogP contribution in [0.3, 0.4) is 0 Å². The molecule has 0 aromatic carbocycles. The van der Waals surface area contributed by atoms with E-state index in [1.165, 1.54) is 32.0 Å². The maximum absolute atomic E-state index is 6.24. The Kier molecular flexibility index (Phi) is 3.31. The molecular formula is C13H18ClN5. The number of fused-ring (bicyclic) bond motifs is 1. The molecule has 0 bridgehead atoms. The lowest BCUT2D eigenvalue weighted by atomic mass is 10.2. The molecule has 0 atom stereocenters. The van der Waals surface area contributed by atoms with E-state index in [1.54, 1.807) is 0 Å². The van der Waals surface area contributed by atoms with Gasteiger partial charge >= 0.3 is 0 Å². The number of hydrogen-bond donors (Lipinski definition) is 0. The van der Waals surface area contributed by atoms with Gasteiger partial charge in [-0.05, 0) is 26.7 Å². The highest BCUT2D eigenvalue weighted by Crippen LogP contribution is 2.32. The number of hydrogen-bond acceptors (Lipinski definition) is 4. The van der Waals surface area contributed by atoms with Crippen LogP contribution in [-0.4, -0.2) is 32.2 Å². The average Bonchev–Trinajstić information content (AvgIpc) is 3.05. The van der Waals surface area contributed by atoms with Crippen LogP contribution in [0.25, 0.3) is 5.78 Å². The van der Waals surface area contributed by atoms with Crippen LogP contribution in [0.5, 0.6) is 0 Å². The molecule has 2 heterocycles. The van der Waals surface area contributed by atoms with Gasteiger partial charge in [-0.2, -0.15) is 19.6 Å². The van der Waals surface area contributed by atoms with E-state index < -0.39 is 0 Å². The second kappa shape index (κ2) is 4.96. The summed E-state index contributed by atoms with van der Waals surface area (Å²) in [5, 5.41) is 4.82. The van der Waals surface area contributed by atoms with Gasteiger partial charge in [0.2, 0.25) is 0 Å². The van der Waals surface area contributed by atoms with E-state index in [4.69, 9.17) is 11.6 Å². The van der Waals surface area contributed by atoms with Gasteiger partial charge in [0.1, 0.15) is 17.3 Å². The first-order chi connectivity index (χ1) is 9.22. The lowest BCUT2D eigenvalue weighted by Crippen LogP contribution is -2.35. The Labute approximate surface area is 117 Å². The van der Waals surface area contributed by atoms with Gasteiger partial charge in [-0.15, -0.1) is 0 Å². The van der Waals surface area contributed by atoms with Crippen LogP contribution in [0.4, 0.5) is 5.82 Å². The van der Waals surface area contributed by atoms with Crippen molar-refractivity contribution in [2.75, 3.05) is 11.4 Å². The Hall–Kier alpha value is -1.36. The minimum absolute atomic E-state index is 0.520. The number of aromatic nitrogens is 4. The standard InChI is InChI=1S/C13H18ClN5/c1-3-18(10-6-4-5-7-10)12-9(2)11(14)17-13-15-8-16-19(12)13/h8,10H,3-7H2,1-2H3. The summed E-state index contributed by atoms with van der Waals surface area (Å²) in [7, 11) is 0. The van der Waals surface area contributed by atoms with Gasteiger partial charge in [0.15, 0.2) is 0 Å². The van der Waals surface area contributed by atoms with E-state index in [9.17, 15) is 0 Å². The fourth-order valence-corrected chi connectivity index (χ4v) is 3.18. The fraction of sp³-hybridized carbons (Fsp3) is 0.615. The van der Waals surface area contributed by atoms with Crippen molar-refractivity contribution in [2.24, 2.45) is 0 Å². The second-order valence-corrected chi connectivity index (χ2v) is 5.41. The molecular weight excluding hydrogens is 262 g/mol. The predicted octanol–water partition coefficient (Wildman–Crippen LogP) is 2.86. The highest BCUT2D eigenvalue weighted by molar-refractivity contribution is 6.30. The molecule has 1 aliphatic carbocycles. The van der Waals surface area contributed by atoms with Crippen LogP contribution in [0, 0.1) is 6.92 Å². The van der Waals surface area contributed by atoms with Crippen molar-refractivity contribution < 1.29 is 0 Å². The second-order valence-electron chi connectivity index (χ2n) is 5.05. The first kappa shape index (κ1) is 12.7. The summed E-state index contributed by atoms with van der Waals surface area (Å²) in [6, 6.07) is 0.578. The van der Waals surface area contributed by atoms with Crippen molar-refractivity contribution in [3.63, 3.8) is 0 Å².